The number of nitrogens with zero attached hydrogens (tertiary/aromatic N) is 2. The monoisotopic (exact) mass is 533 g/mol. The second-order valence-electron chi connectivity index (χ2n) is 9.51. The Morgan fingerprint density at radius 3 is 2.47 bits per heavy atom. The first-order valence-corrected chi connectivity index (χ1v) is 12.1. The zero-order chi connectivity index (χ0) is 27.2. The van der Waals surface area contributed by atoms with Crippen LogP contribution in [0.1, 0.15) is 60.6 Å². The predicted octanol–water partition coefficient (Wildman–Crippen LogP) is 4.09. The Morgan fingerprint density at radius 1 is 1.11 bits per heavy atom. The highest BCUT2D eigenvalue weighted by molar-refractivity contribution is 5.98. The number of oxazole rings is 1. The number of amides is 2. The van der Waals surface area contributed by atoms with Gasteiger partial charge in [0.25, 0.3) is 5.91 Å². The summed E-state index contributed by atoms with van der Waals surface area (Å²) in [5, 5.41) is 5.89. The molecule has 38 heavy (non-hydrogen) atoms. The maximum Gasteiger partial charge on any atom is 0.433 e. The number of alkyl halides is 3. The van der Waals surface area contributed by atoms with E-state index in [9.17, 15) is 22.8 Å². The quantitative estimate of drug-likeness (QED) is 0.412. The minimum absolute atomic E-state index is 0.00299. The molecular weight excluding hydrogens is 507 g/mol. The fourth-order valence-corrected chi connectivity index (χ4v) is 4.23. The molecule has 0 saturated heterocycles. The summed E-state index contributed by atoms with van der Waals surface area (Å²) in [5.41, 5.74) is 5.22. The first kappa shape index (κ1) is 25.8. The molecule has 0 radical (unpaired) electrons. The zero-order valence-corrected chi connectivity index (χ0v) is 20.6. The van der Waals surface area contributed by atoms with Crippen LogP contribution in [-0.2, 0) is 10.9 Å². The molecule has 2 fully saturated rings. The number of hydrogen-bond donors (Lipinski definition) is 3. The van der Waals surface area contributed by atoms with Crippen molar-refractivity contribution in [2.75, 3.05) is 7.11 Å². The molecule has 2 saturated carbocycles. The number of ether oxygens (including phenoxy) is 2. The molecule has 0 spiro atoms. The summed E-state index contributed by atoms with van der Waals surface area (Å²) in [6.45, 7) is 1.62. The second-order valence-corrected chi connectivity index (χ2v) is 9.51. The third-order valence-corrected chi connectivity index (χ3v) is 6.45. The van der Waals surface area contributed by atoms with Crippen LogP contribution < -0.4 is 21.1 Å². The van der Waals surface area contributed by atoms with E-state index in [1.54, 1.807) is 13.0 Å². The minimum atomic E-state index is -4.64. The molecule has 202 valence electrons. The fourth-order valence-electron chi connectivity index (χ4n) is 4.23. The number of methoxy groups -OCH3 is 1. The van der Waals surface area contributed by atoms with Crippen LogP contribution >= 0.6 is 0 Å². The van der Waals surface area contributed by atoms with Crippen LogP contribution in [0, 0.1) is 0 Å². The number of rotatable bonds is 7. The van der Waals surface area contributed by atoms with Crippen molar-refractivity contribution in [1.82, 2.24) is 20.6 Å². The fraction of sp³-hybridized carbons (Fsp3) is 0.440. The standard InChI is InChI=1S/C25H26F3N5O5/c1-11(29)21-20(22(34)30-13-9-14(10-13)37-24(35)31-12-3-4-12)33-23(38-21)16-5-7-17(36-2)19-15(16)6-8-18(32-19)25(26,27)28/h5-8,11-14H,3-4,9-10,29H2,1-2H3,(H,30,34)(H,31,35)/t11-,13-,14+/m0/s1. The highest BCUT2D eigenvalue weighted by Gasteiger charge is 2.36. The van der Waals surface area contributed by atoms with E-state index in [1.807, 2.05) is 0 Å². The summed E-state index contributed by atoms with van der Waals surface area (Å²) in [6.07, 6.45) is -2.56. The van der Waals surface area contributed by atoms with E-state index in [4.69, 9.17) is 19.6 Å². The van der Waals surface area contributed by atoms with E-state index in [0.29, 0.717) is 23.8 Å². The molecule has 2 aliphatic rings. The van der Waals surface area contributed by atoms with Gasteiger partial charge in [-0.25, -0.2) is 14.8 Å². The van der Waals surface area contributed by atoms with Gasteiger partial charge in [0.15, 0.2) is 11.5 Å². The Bertz CT molecular complexity index is 1380. The molecule has 0 bridgehead atoms. The van der Waals surface area contributed by atoms with Crippen LogP contribution in [-0.4, -0.2) is 47.3 Å². The normalized spacial score (nSPS) is 19.9. The van der Waals surface area contributed by atoms with Gasteiger partial charge in [-0.05, 0) is 44.0 Å². The van der Waals surface area contributed by atoms with Crippen molar-refractivity contribution in [3.8, 4) is 17.2 Å². The lowest BCUT2D eigenvalue weighted by Crippen LogP contribution is -2.49. The molecule has 2 amide bonds. The van der Waals surface area contributed by atoms with E-state index >= 15 is 0 Å². The SMILES string of the molecule is COc1ccc(-c2nc(C(=O)N[C@H]3C[C@@H](OC(=O)NC4CC4)C3)c([C@H](C)N)o2)c2ccc(C(F)(F)F)nc12. The van der Waals surface area contributed by atoms with Crippen molar-refractivity contribution in [1.29, 1.82) is 0 Å². The van der Waals surface area contributed by atoms with E-state index in [-0.39, 0.29) is 46.8 Å². The number of carbonyl (C=O) groups excluding carboxylic acids is 2. The summed E-state index contributed by atoms with van der Waals surface area (Å²) in [5.74, 6) is -0.256. The molecule has 5 rings (SSSR count). The lowest BCUT2D eigenvalue weighted by atomic mass is 9.89. The smallest absolute Gasteiger partial charge is 0.433 e. The van der Waals surface area contributed by atoms with Crippen LogP contribution in [0.4, 0.5) is 18.0 Å². The topological polar surface area (TPSA) is 142 Å². The maximum absolute atomic E-state index is 13.3. The number of nitrogens with two attached hydrogens (primary N) is 1. The van der Waals surface area contributed by atoms with Crippen LogP contribution in [0.25, 0.3) is 22.4 Å². The van der Waals surface area contributed by atoms with Crippen molar-refractivity contribution >= 4 is 22.9 Å². The molecule has 2 aromatic heterocycles. The Labute approximate surface area is 215 Å². The number of pyridine rings is 1. The van der Waals surface area contributed by atoms with Gasteiger partial charge in [0.2, 0.25) is 5.89 Å². The van der Waals surface area contributed by atoms with Gasteiger partial charge in [-0.2, -0.15) is 13.2 Å². The Morgan fingerprint density at radius 2 is 1.84 bits per heavy atom. The van der Waals surface area contributed by atoms with Crippen molar-refractivity contribution < 1.29 is 36.7 Å². The van der Waals surface area contributed by atoms with Crippen molar-refractivity contribution in [2.45, 2.75) is 63.0 Å². The highest BCUT2D eigenvalue weighted by Crippen LogP contribution is 2.37. The summed E-state index contributed by atoms with van der Waals surface area (Å²) in [4.78, 5) is 32.9. The van der Waals surface area contributed by atoms with Gasteiger partial charge in [0, 0.05) is 35.9 Å². The molecule has 2 aliphatic carbocycles. The Hall–Kier alpha value is -3.87. The predicted molar refractivity (Wildman–Crippen MR) is 128 cm³/mol. The first-order chi connectivity index (χ1) is 18.0. The zero-order valence-electron chi connectivity index (χ0n) is 20.6. The first-order valence-electron chi connectivity index (χ1n) is 12.1. The summed E-state index contributed by atoms with van der Waals surface area (Å²) in [7, 11) is 1.33. The number of carbonyl (C=O) groups is 2. The number of halogens is 3. The molecule has 2 heterocycles. The molecule has 10 nitrogen and oxygen atoms in total. The summed E-state index contributed by atoms with van der Waals surface area (Å²) >= 11 is 0. The van der Waals surface area contributed by atoms with E-state index in [1.165, 1.54) is 19.2 Å². The summed E-state index contributed by atoms with van der Waals surface area (Å²) in [6, 6.07) is 4.40. The molecule has 1 atom stereocenters. The lowest BCUT2D eigenvalue weighted by molar-refractivity contribution is -0.140. The number of alkyl carbamates (subject to hydrolysis) is 1. The van der Waals surface area contributed by atoms with Crippen molar-refractivity contribution in [3.05, 3.63) is 41.4 Å². The van der Waals surface area contributed by atoms with Gasteiger partial charge in [-0.15, -0.1) is 0 Å². The minimum Gasteiger partial charge on any atom is -0.494 e. The largest absolute Gasteiger partial charge is 0.494 e. The number of hydrogen-bond acceptors (Lipinski definition) is 8. The highest BCUT2D eigenvalue weighted by atomic mass is 19.4. The molecular formula is C25H26F3N5O5. The van der Waals surface area contributed by atoms with Gasteiger partial charge in [0.1, 0.15) is 23.1 Å². The number of fused-ring (bicyclic) bond motifs is 1. The molecule has 0 unspecified atom stereocenters. The van der Waals surface area contributed by atoms with Crippen molar-refractivity contribution in [3.63, 3.8) is 0 Å². The molecule has 4 N–H and O–H groups in total. The molecule has 3 aromatic rings. The number of benzene rings is 1. The summed E-state index contributed by atoms with van der Waals surface area (Å²) < 4.78 is 56.2. The van der Waals surface area contributed by atoms with E-state index in [0.717, 1.165) is 18.9 Å². The Balaban J connectivity index is 1.36. The molecule has 1 aromatic carbocycles. The van der Waals surface area contributed by atoms with E-state index < -0.39 is 29.9 Å². The Kier molecular flexibility index (Phi) is 6.63. The van der Waals surface area contributed by atoms with E-state index in [2.05, 4.69) is 20.6 Å². The van der Waals surface area contributed by atoms with Crippen LogP contribution in [0.15, 0.2) is 28.7 Å². The van der Waals surface area contributed by atoms with Gasteiger partial charge < -0.3 is 30.3 Å². The number of nitrogens with one attached hydrogen (secondary N) is 2. The van der Waals surface area contributed by atoms with Gasteiger partial charge in [0.05, 0.1) is 13.2 Å². The maximum atomic E-state index is 13.3. The van der Waals surface area contributed by atoms with Gasteiger partial charge in [-0.3, -0.25) is 4.79 Å². The van der Waals surface area contributed by atoms with Gasteiger partial charge >= 0.3 is 12.3 Å². The van der Waals surface area contributed by atoms with Crippen molar-refractivity contribution in [2.24, 2.45) is 5.73 Å². The van der Waals surface area contributed by atoms with Crippen LogP contribution in [0.5, 0.6) is 5.75 Å². The third kappa shape index (κ3) is 5.23. The number of aromatic nitrogens is 2. The average molecular weight is 534 g/mol. The lowest BCUT2D eigenvalue weighted by Gasteiger charge is -2.34. The van der Waals surface area contributed by atoms with Crippen LogP contribution in [0.2, 0.25) is 0 Å². The molecule has 0 aliphatic heterocycles. The third-order valence-electron chi connectivity index (χ3n) is 6.45. The molecule has 13 heteroatoms. The second kappa shape index (κ2) is 9.78. The van der Waals surface area contributed by atoms with Gasteiger partial charge in [-0.1, -0.05) is 0 Å². The average Bonchev–Trinajstić information content (AvgIpc) is 3.53. The van der Waals surface area contributed by atoms with Crippen LogP contribution in [0.3, 0.4) is 0 Å².